The molecule has 1 aromatic heterocycles. The Bertz CT molecular complexity index is 804. The minimum absolute atomic E-state index is 0.478. The first-order valence-electron chi connectivity index (χ1n) is 8.48. The molecule has 0 atom stereocenters. The molecule has 0 aliphatic carbocycles. The van der Waals surface area contributed by atoms with Crippen LogP contribution in [0.3, 0.4) is 0 Å². The monoisotopic (exact) mass is 344 g/mol. The summed E-state index contributed by atoms with van der Waals surface area (Å²) in [7, 11) is -0.640. The summed E-state index contributed by atoms with van der Waals surface area (Å²) < 4.78 is 19.0. The second-order valence-corrected chi connectivity index (χ2v) is 8.38. The molecule has 0 bridgehead atoms. The summed E-state index contributed by atoms with van der Waals surface area (Å²) in [4.78, 5) is 12.6. The summed E-state index contributed by atoms with van der Waals surface area (Å²) >= 11 is 0. The Morgan fingerprint density at radius 2 is 1.68 bits per heavy atom. The number of carbonyl (C=O) groups is 1. The zero-order chi connectivity index (χ0) is 18.6. The van der Waals surface area contributed by atoms with Crippen LogP contribution in [0.1, 0.15) is 48.5 Å². The van der Waals surface area contributed by atoms with Crippen molar-refractivity contribution in [3.63, 3.8) is 0 Å². The molecule has 0 saturated carbocycles. The van der Waals surface area contributed by atoms with Gasteiger partial charge in [0.05, 0.1) is 16.7 Å². The molecule has 1 fully saturated rings. The van der Waals surface area contributed by atoms with Crippen LogP contribution in [0.4, 0.5) is 4.79 Å². The van der Waals surface area contributed by atoms with Gasteiger partial charge in [-0.15, -0.1) is 0 Å². The minimum Gasteiger partial charge on any atom is -0.442 e. The van der Waals surface area contributed by atoms with Gasteiger partial charge in [-0.05, 0) is 54.5 Å². The summed E-state index contributed by atoms with van der Waals surface area (Å²) in [6.07, 6.45) is -0.522. The third-order valence-electron chi connectivity index (χ3n) is 4.66. The molecule has 2 heterocycles. The lowest BCUT2D eigenvalue weighted by molar-refractivity contribution is 0.00578. The van der Waals surface area contributed by atoms with Gasteiger partial charge in [0, 0.05) is 5.39 Å². The fourth-order valence-corrected chi connectivity index (χ4v) is 2.66. The molecule has 0 N–H and O–H groups in total. The second kappa shape index (κ2) is 5.57. The van der Waals surface area contributed by atoms with E-state index < -0.39 is 30.0 Å². The highest BCUT2D eigenvalue weighted by Gasteiger charge is 2.53. The van der Waals surface area contributed by atoms with Gasteiger partial charge in [-0.3, -0.25) is 0 Å². The van der Waals surface area contributed by atoms with E-state index >= 15 is 0 Å². The first kappa shape index (κ1) is 18.0. The Hall–Kier alpha value is -1.86. The molecule has 1 aliphatic rings. The van der Waals surface area contributed by atoms with Crippen molar-refractivity contribution in [2.24, 2.45) is 0 Å². The molecule has 25 heavy (non-hydrogen) atoms. The minimum atomic E-state index is -0.640. The Kier molecular flexibility index (Phi) is 4.00. The summed E-state index contributed by atoms with van der Waals surface area (Å²) in [5, 5.41) is 5.29. The van der Waals surface area contributed by atoms with Crippen LogP contribution >= 0.6 is 0 Å². The molecule has 2 aromatic rings. The highest BCUT2D eigenvalue weighted by Crippen LogP contribution is 2.36. The van der Waals surface area contributed by atoms with E-state index in [2.05, 4.69) is 5.10 Å². The van der Waals surface area contributed by atoms with E-state index in [1.807, 2.05) is 72.7 Å². The standard InChI is InChI=1S/C18H25BN2O4/c1-16(2,3)23-15(22)21-13-11-9-8-10-12(13)14(20-21)19-24-17(4,5)18(6,7)25-19/h8-11H,1-7H3. The van der Waals surface area contributed by atoms with Gasteiger partial charge in [-0.2, -0.15) is 9.78 Å². The van der Waals surface area contributed by atoms with Gasteiger partial charge in [0.15, 0.2) is 0 Å². The van der Waals surface area contributed by atoms with Crippen LogP contribution in [0.15, 0.2) is 24.3 Å². The third kappa shape index (κ3) is 3.18. The van der Waals surface area contributed by atoms with E-state index in [-0.39, 0.29) is 0 Å². The van der Waals surface area contributed by atoms with Crippen LogP contribution in [0, 0.1) is 0 Å². The molecule has 0 unspecified atom stereocenters. The number of hydrogen-bond donors (Lipinski definition) is 0. The van der Waals surface area contributed by atoms with E-state index in [9.17, 15) is 4.79 Å². The first-order chi connectivity index (χ1) is 11.4. The number of carbonyl (C=O) groups excluding carboxylic acids is 1. The average molecular weight is 344 g/mol. The quantitative estimate of drug-likeness (QED) is 0.744. The summed E-state index contributed by atoms with van der Waals surface area (Å²) in [5.74, 6) is 0. The van der Waals surface area contributed by atoms with Crippen molar-refractivity contribution in [3.8, 4) is 0 Å². The van der Waals surface area contributed by atoms with Crippen molar-refractivity contribution in [1.82, 2.24) is 9.78 Å². The number of hydrogen-bond acceptors (Lipinski definition) is 5. The fourth-order valence-electron chi connectivity index (χ4n) is 2.66. The van der Waals surface area contributed by atoms with Crippen molar-refractivity contribution in [3.05, 3.63) is 24.3 Å². The molecule has 134 valence electrons. The maximum Gasteiger partial charge on any atom is 0.517 e. The summed E-state index contributed by atoms with van der Waals surface area (Å²) in [6, 6.07) is 7.50. The van der Waals surface area contributed by atoms with Gasteiger partial charge in [0.25, 0.3) is 0 Å². The molecule has 0 amide bonds. The molecule has 0 radical (unpaired) electrons. The average Bonchev–Trinajstić information content (AvgIpc) is 2.92. The van der Waals surface area contributed by atoms with E-state index in [0.29, 0.717) is 11.1 Å². The van der Waals surface area contributed by atoms with Gasteiger partial charge < -0.3 is 14.0 Å². The van der Waals surface area contributed by atoms with Crippen LogP contribution in [-0.2, 0) is 14.0 Å². The smallest absolute Gasteiger partial charge is 0.442 e. The number of rotatable bonds is 1. The van der Waals surface area contributed by atoms with E-state index in [0.717, 1.165) is 5.39 Å². The topological polar surface area (TPSA) is 62.6 Å². The molecular formula is C18H25BN2O4. The molecule has 1 aliphatic heterocycles. The number of benzene rings is 1. The van der Waals surface area contributed by atoms with Gasteiger partial charge in [-0.1, -0.05) is 18.2 Å². The fraction of sp³-hybridized carbons (Fsp3) is 0.556. The van der Waals surface area contributed by atoms with E-state index in [4.69, 9.17) is 14.0 Å². The van der Waals surface area contributed by atoms with Crippen molar-refractivity contribution < 1.29 is 18.8 Å². The van der Waals surface area contributed by atoms with E-state index in [1.165, 1.54) is 4.68 Å². The molecular weight excluding hydrogens is 319 g/mol. The van der Waals surface area contributed by atoms with Gasteiger partial charge in [-0.25, -0.2) is 4.79 Å². The Balaban J connectivity index is 2.05. The predicted molar refractivity (Wildman–Crippen MR) is 97.1 cm³/mol. The maximum atomic E-state index is 12.6. The molecule has 3 rings (SSSR count). The second-order valence-electron chi connectivity index (χ2n) is 8.38. The Labute approximate surface area is 148 Å². The van der Waals surface area contributed by atoms with E-state index in [1.54, 1.807) is 0 Å². The van der Waals surface area contributed by atoms with Crippen molar-refractivity contribution >= 4 is 29.7 Å². The van der Waals surface area contributed by atoms with Gasteiger partial charge in [0.1, 0.15) is 11.2 Å². The Morgan fingerprint density at radius 1 is 1.12 bits per heavy atom. The number of para-hydroxylation sites is 1. The SMILES string of the molecule is CC(C)(C)OC(=O)n1nc(B2OC(C)(C)C(C)(C)O2)c2ccccc21. The Morgan fingerprint density at radius 3 is 2.24 bits per heavy atom. The van der Waals surface area contributed by atoms with Gasteiger partial charge >= 0.3 is 13.2 Å². The lowest BCUT2D eigenvalue weighted by Crippen LogP contribution is -2.41. The molecule has 1 aromatic carbocycles. The summed E-state index contributed by atoms with van der Waals surface area (Å²) in [5.41, 5.74) is -0.307. The van der Waals surface area contributed by atoms with Crippen LogP contribution in [0.25, 0.3) is 10.9 Å². The van der Waals surface area contributed by atoms with Crippen molar-refractivity contribution in [2.75, 3.05) is 0 Å². The highest BCUT2D eigenvalue weighted by atomic mass is 16.7. The number of aromatic nitrogens is 2. The zero-order valence-electron chi connectivity index (χ0n) is 15.9. The zero-order valence-corrected chi connectivity index (χ0v) is 15.9. The predicted octanol–water partition coefficient (Wildman–Crippen LogP) is 3.12. The molecule has 6 nitrogen and oxygen atoms in total. The number of fused-ring (bicyclic) bond motifs is 1. The lowest BCUT2D eigenvalue weighted by Gasteiger charge is -2.32. The van der Waals surface area contributed by atoms with Crippen LogP contribution in [0.5, 0.6) is 0 Å². The third-order valence-corrected chi connectivity index (χ3v) is 4.66. The van der Waals surface area contributed by atoms with Gasteiger partial charge in [0.2, 0.25) is 0 Å². The lowest BCUT2D eigenvalue weighted by atomic mass is 9.82. The highest BCUT2D eigenvalue weighted by molar-refractivity contribution is 6.64. The molecule has 7 heteroatoms. The maximum absolute atomic E-state index is 12.6. The first-order valence-corrected chi connectivity index (χ1v) is 8.48. The number of ether oxygens (including phenoxy) is 1. The van der Waals surface area contributed by atoms with Crippen molar-refractivity contribution in [1.29, 1.82) is 0 Å². The molecule has 1 saturated heterocycles. The largest absolute Gasteiger partial charge is 0.517 e. The number of nitrogens with zero attached hydrogens (tertiary/aromatic N) is 2. The summed E-state index contributed by atoms with van der Waals surface area (Å²) in [6.45, 7) is 13.4. The van der Waals surface area contributed by atoms with Crippen LogP contribution < -0.4 is 5.59 Å². The normalized spacial score (nSPS) is 19.4. The molecule has 0 spiro atoms. The van der Waals surface area contributed by atoms with Crippen LogP contribution in [-0.4, -0.2) is 39.8 Å². The van der Waals surface area contributed by atoms with Crippen LogP contribution in [0.2, 0.25) is 0 Å². The van der Waals surface area contributed by atoms with Crippen molar-refractivity contribution in [2.45, 2.75) is 65.3 Å².